The molecule has 98 valence electrons. The van der Waals surface area contributed by atoms with Gasteiger partial charge < -0.3 is 10.4 Å². The highest BCUT2D eigenvalue weighted by Crippen LogP contribution is 2.28. The van der Waals surface area contributed by atoms with Gasteiger partial charge in [-0.2, -0.15) is 0 Å². The number of hydrogen-bond donors (Lipinski definition) is 2. The van der Waals surface area contributed by atoms with Crippen LogP contribution in [0.3, 0.4) is 0 Å². The summed E-state index contributed by atoms with van der Waals surface area (Å²) in [6.45, 7) is 3.54. The fourth-order valence-corrected chi connectivity index (χ4v) is 1.92. The number of aromatic nitrogens is 1. The number of anilines is 1. The zero-order chi connectivity index (χ0) is 14.0. The van der Waals surface area contributed by atoms with Crippen LogP contribution < -0.4 is 5.32 Å². The molecule has 4 nitrogen and oxygen atoms in total. The van der Waals surface area contributed by atoms with Gasteiger partial charge in [0, 0.05) is 17.4 Å². The Morgan fingerprint density at radius 3 is 2.74 bits per heavy atom. The molecule has 2 aromatic rings. The number of carbonyl (C=O) groups excluding carboxylic acids is 1. The zero-order valence-corrected chi connectivity index (χ0v) is 11.3. The van der Waals surface area contributed by atoms with Gasteiger partial charge in [-0.25, -0.2) is 4.98 Å². The lowest BCUT2D eigenvalue weighted by molar-refractivity contribution is 0.102. The van der Waals surface area contributed by atoms with Crippen molar-refractivity contribution in [1.82, 2.24) is 4.98 Å². The van der Waals surface area contributed by atoms with E-state index in [2.05, 4.69) is 10.3 Å². The van der Waals surface area contributed by atoms with Crippen LogP contribution in [-0.4, -0.2) is 16.0 Å². The van der Waals surface area contributed by atoms with E-state index in [0.29, 0.717) is 16.8 Å². The molecule has 0 aliphatic carbocycles. The lowest BCUT2D eigenvalue weighted by Crippen LogP contribution is -2.13. The van der Waals surface area contributed by atoms with Crippen LogP contribution in [0.15, 0.2) is 30.5 Å². The van der Waals surface area contributed by atoms with E-state index in [9.17, 15) is 9.90 Å². The fraction of sp³-hybridized carbons (Fsp3) is 0.143. The first-order valence-corrected chi connectivity index (χ1v) is 6.09. The summed E-state index contributed by atoms with van der Waals surface area (Å²) in [5, 5.41) is 12.7. The Bertz CT molecular complexity index is 641. The minimum absolute atomic E-state index is 0.147. The molecule has 0 bridgehead atoms. The minimum Gasteiger partial charge on any atom is -0.507 e. The number of pyridine rings is 1. The molecule has 0 unspecified atom stereocenters. The van der Waals surface area contributed by atoms with Gasteiger partial charge in [-0.05, 0) is 37.6 Å². The number of nitrogens with one attached hydrogen (secondary N) is 1. The number of aromatic hydroxyl groups is 1. The number of rotatable bonds is 2. The first kappa shape index (κ1) is 13.4. The van der Waals surface area contributed by atoms with Gasteiger partial charge in [-0.1, -0.05) is 17.7 Å². The third-order valence-corrected chi connectivity index (χ3v) is 3.19. The van der Waals surface area contributed by atoms with Crippen LogP contribution in [0.4, 0.5) is 5.69 Å². The average Bonchev–Trinajstić information content (AvgIpc) is 2.40. The molecule has 5 heteroatoms. The Balaban J connectivity index is 2.30. The quantitative estimate of drug-likeness (QED) is 0.827. The molecule has 2 N–H and O–H groups in total. The van der Waals surface area contributed by atoms with Gasteiger partial charge in [0.2, 0.25) is 0 Å². The average molecular weight is 277 g/mol. The third kappa shape index (κ3) is 2.69. The molecule has 0 spiro atoms. The molecule has 0 saturated heterocycles. The molecule has 1 heterocycles. The number of nitrogens with zero attached hydrogens (tertiary/aromatic N) is 1. The van der Waals surface area contributed by atoms with E-state index in [1.54, 1.807) is 38.1 Å². The van der Waals surface area contributed by atoms with Crippen LogP contribution in [0.5, 0.6) is 5.75 Å². The Morgan fingerprint density at radius 2 is 2.05 bits per heavy atom. The van der Waals surface area contributed by atoms with Crippen molar-refractivity contribution in [1.29, 1.82) is 0 Å². The van der Waals surface area contributed by atoms with Crippen molar-refractivity contribution < 1.29 is 9.90 Å². The Kier molecular flexibility index (Phi) is 3.71. The van der Waals surface area contributed by atoms with Crippen molar-refractivity contribution in [3.8, 4) is 5.75 Å². The SMILES string of the molecule is Cc1ccc(NC(=O)c2cccnc2Cl)c(C)c1O. The largest absolute Gasteiger partial charge is 0.507 e. The Hall–Kier alpha value is -2.07. The molecule has 0 saturated carbocycles. The van der Waals surface area contributed by atoms with Gasteiger partial charge in [0.1, 0.15) is 10.9 Å². The van der Waals surface area contributed by atoms with Gasteiger partial charge in [0.15, 0.2) is 0 Å². The number of halogens is 1. The molecule has 1 amide bonds. The third-order valence-electron chi connectivity index (χ3n) is 2.88. The standard InChI is InChI=1S/C14H13ClN2O2/c1-8-5-6-11(9(2)12(8)18)17-14(19)10-4-3-7-16-13(10)15/h3-7,18H,1-2H3,(H,17,19). The monoisotopic (exact) mass is 276 g/mol. The van der Waals surface area contributed by atoms with Crippen LogP contribution in [-0.2, 0) is 0 Å². The Morgan fingerprint density at radius 1 is 1.32 bits per heavy atom. The van der Waals surface area contributed by atoms with Crippen molar-refractivity contribution >= 4 is 23.2 Å². The summed E-state index contributed by atoms with van der Waals surface area (Å²) in [4.78, 5) is 15.9. The smallest absolute Gasteiger partial charge is 0.258 e. The first-order valence-electron chi connectivity index (χ1n) is 5.71. The number of hydrogen-bond acceptors (Lipinski definition) is 3. The van der Waals surface area contributed by atoms with E-state index in [0.717, 1.165) is 5.56 Å². The van der Waals surface area contributed by atoms with Crippen molar-refractivity contribution in [3.05, 3.63) is 52.3 Å². The molecule has 0 aliphatic rings. The summed E-state index contributed by atoms with van der Waals surface area (Å²) in [6.07, 6.45) is 1.52. The Labute approximate surface area is 116 Å². The van der Waals surface area contributed by atoms with Crippen LogP contribution in [0.25, 0.3) is 0 Å². The number of aryl methyl sites for hydroxylation is 1. The van der Waals surface area contributed by atoms with Gasteiger partial charge in [-0.3, -0.25) is 4.79 Å². The molecule has 0 fully saturated rings. The molecule has 0 atom stereocenters. The van der Waals surface area contributed by atoms with Crippen molar-refractivity contribution in [2.45, 2.75) is 13.8 Å². The summed E-state index contributed by atoms with van der Waals surface area (Å²) in [5.41, 5.74) is 2.22. The van der Waals surface area contributed by atoms with E-state index in [-0.39, 0.29) is 16.8 Å². The summed E-state index contributed by atoms with van der Waals surface area (Å²) in [5.74, 6) is -0.181. The lowest BCUT2D eigenvalue weighted by Gasteiger charge is -2.11. The second-order valence-electron chi connectivity index (χ2n) is 4.20. The number of phenols is 1. The summed E-state index contributed by atoms with van der Waals surface area (Å²) < 4.78 is 0. The normalized spacial score (nSPS) is 10.3. The van der Waals surface area contributed by atoms with Gasteiger partial charge >= 0.3 is 0 Å². The van der Waals surface area contributed by atoms with Gasteiger partial charge in [0.05, 0.1) is 5.56 Å². The van der Waals surface area contributed by atoms with Crippen molar-refractivity contribution in [2.75, 3.05) is 5.32 Å². The minimum atomic E-state index is -0.357. The molecule has 1 aromatic heterocycles. The summed E-state index contributed by atoms with van der Waals surface area (Å²) in [6, 6.07) is 6.71. The second kappa shape index (κ2) is 5.28. The van der Waals surface area contributed by atoms with E-state index >= 15 is 0 Å². The van der Waals surface area contributed by atoms with Gasteiger partial charge in [-0.15, -0.1) is 0 Å². The maximum absolute atomic E-state index is 12.1. The van der Waals surface area contributed by atoms with E-state index in [1.807, 2.05) is 0 Å². The van der Waals surface area contributed by atoms with Crippen molar-refractivity contribution in [2.24, 2.45) is 0 Å². The predicted molar refractivity (Wildman–Crippen MR) is 74.8 cm³/mol. The number of amides is 1. The van der Waals surface area contributed by atoms with Crippen molar-refractivity contribution in [3.63, 3.8) is 0 Å². The highest BCUT2D eigenvalue weighted by molar-refractivity contribution is 6.33. The maximum atomic E-state index is 12.1. The molecular weight excluding hydrogens is 264 g/mol. The number of phenolic OH excluding ortho intramolecular Hbond substituents is 1. The second-order valence-corrected chi connectivity index (χ2v) is 4.56. The number of carbonyl (C=O) groups is 1. The van der Waals surface area contributed by atoms with Crippen LogP contribution in [0.1, 0.15) is 21.5 Å². The molecule has 2 rings (SSSR count). The molecule has 0 aliphatic heterocycles. The number of benzene rings is 1. The lowest BCUT2D eigenvalue weighted by atomic mass is 10.1. The molecule has 1 aromatic carbocycles. The first-order chi connectivity index (χ1) is 9.00. The predicted octanol–water partition coefficient (Wildman–Crippen LogP) is 3.31. The maximum Gasteiger partial charge on any atom is 0.258 e. The van der Waals surface area contributed by atoms with Crippen LogP contribution in [0, 0.1) is 13.8 Å². The van der Waals surface area contributed by atoms with Crippen LogP contribution in [0.2, 0.25) is 5.15 Å². The molecular formula is C14H13ClN2O2. The highest BCUT2D eigenvalue weighted by Gasteiger charge is 2.13. The van der Waals surface area contributed by atoms with Crippen LogP contribution >= 0.6 is 11.6 Å². The zero-order valence-electron chi connectivity index (χ0n) is 10.6. The fourth-order valence-electron chi connectivity index (χ4n) is 1.72. The summed E-state index contributed by atoms with van der Waals surface area (Å²) in [7, 11) is 0. The molecule has 0 radical (unpaired) electrons. The topological polar surface area (TPSA) is 62.2 Å². The van der Waals surface area contributed by atoms with E-state index in [4.69, 9.17) is 11.6 Å². The summed E-state index contributed by atoms with van der Waals surface area (Å²) >= 11 is 5.86. The van der Waals surface area contributed by atoms with Gasteiger partial charge in [0.25, 0.3) is 5.91 Å². The van der Waals surface area contributed by atoms with E-state index in [1.165, 1.54) is 6.20 Å². The highest BCUT2D eigenvalue weighted by atomic mass is 35.5. The molecule has 19 heavy (non-hydrogen) atoms. The van der Waals surface area contributed by atoms with E-state index < -0.39 is 0 Å².